The third-order valence-electron chi connectivity index (χ3n) is 6.63. The van der Waals surface area contributed by atoms with Crippen LogP contribution in [0.1, 0.15) is 17.5 Å². The molecular weight excluding hydrogens is 414 g/mol. The van der Waals surface area contributed by atoms with Gasteiger partial charge in [0.15, 0.2) is 0 Å². The lowest BCUT2D eigenvalue weighted by atomic mass is 9.93. The molecule has 0 radical (unpaired) electrons. The molecule has 0 bridgehead atoms. The van der Waals surface area contributed by atoms with Crippen LogP contribution in [0.5, 0.6) is 5.75 Å². The van der Waals surface area contributed by atoms with Crippen LogP contribution in [-0.4, -0.2) is 56.5 Å². The molecule has 4 rings (SSSR count). The van der Waals surface area contributed by atoms with Crippen molar-refractivity contribution in [1.29, 1.82) is 0 Å². The van der Waals surface area contributed by atoms with Crippen molar-refractivity contribution in [3.63, 3.8) is 0 Å². The zero-order chi connectivity index (χ0) is 22.2. The SMILES string of the molecule is COc1ccc(Cl)cc1N1CC(C(=O)NCC2(N(C)C)Cc3ccccc3C2)CC1=O. The Balaban J connectivity index is 1.44. The highest BCUT2D eigenvalue weighted by Crippen LogP contribution is 2.36. The maximum atomic E-state index is 13.0. The average Bonchev–Trinajstić information content (AvgIpc) is 3.33. The summed E-state index contributed by atoms with van der Waals surface area (Å²) < 4.78 is 5.38. The molecule has 0 aromatic heterocycles. The van der Waals surface area contributed by atoms with Crippen LogP contribution in [0.25, 0.3) is 0 Å². The van der Waals surface area contributed by atoms with Gasteiger partial charge in [0, 0.05) is 30.1 Å². The van der Waals surface area contributed by atoms with Crippen LogP contribution in [0.2, 0.25) is 5.02 Å². The van der Waals surface area contributed by atoms with E-state index in [1.807, 2.05) is 0 Å². The van der Waals surface area contributed by atoms with Gasteiger partial charge in [0.2, 0.25) is 11.8 Å². The molecule has 0 spiro atoms. The number of carbonyl (C=O) groups is 2. The van der Waals surface area contributed by atoms with E-state index in [1.165, 1.54) is 11.1 Å². The minimum Gasteiger partial charge on any atom is -0.495 e. The molecule has 1 unspecified atom stereocenters. The fourth-order valence-corrected chi connectivity index (χ4v) is 4.83. The Morgan fingerprint density at radius 1 is 1.23 bits per heavy atom. The number of hydrogen-bond donors (Lipinski definition) is 1. The number of carbonyl (C=O) groups excluding carboxylic acids is 2. The second kappa shape index (κ2) is 8.52. The van der Waals surface area contributed by atoms with Gasteiger partial charge in [-0.05, 0) is 56.3 Å². The summed E-state index contributed by atoms with van der Waals surface area (Å²) in [5.41, 5.74) is 3.12. The van der Waals surface area contributed by atoms with Crippen LogP contribution < -0.4 is 15.0 Å². The fourth-order valence-electron chi connectivity index (χ4n) is 4.66. The summed E-state index contributed by atoms with van der Waals surface area (Å²) in [6, 6.07) is 13.6. The Hall–Kier alpha value is -2.57. The summed E-state index contributed by atoms with van der Waals surface area (Å²) in [5.74, 6) is -0.0291. The van der Waals surface area contributed by atoms with Gasteiger partial charge in [-0.2, -0.15) is 0 Å². The molecule has 1 atom stereocenters. The van der Waals surface area contributed by atoms with Crippen molar-refractivity contribution in [2.75, 3.05) is 39.2 Å². The van der Waals surface area contributed by atoms with Gasteiger partial charge in [-0.3, -0.25) is 9.59 Å². The molecule has 6 nitrogen and oxygen atoms in total. The highest BCUT2D eigenvalue weighted by Gasteiger charge is 2.41. The van der Waals surface area contributed by atoms with E-state index in [9.17, 15) is 9.59 Å². The summed E-state index contributed by atoms with van der Waals surface area (Å²) in [6.45, 7) is 0.856. The maximum Gasteiger partial charge on any atom is 0.227 e. The predicted octanol–water partition coefficient (Wildman–Crippen LogP) is 2.92. The van der Waals surface area contributed by atoms with Crippen LogP contribution in [-0.2, 0) is 22.4 Å². The molecule has 1 fully saturated rings. The summed E-state index contributed by atoms with van der Waals surface area (Å²) >= 11 is 6.13. The van der Waals surface area contributed by atoms with E-state index in [2.05, 4.69) is 48.6 Å². The van der Waals surface area contributed by atoms with Crippen LogP contribution in [0, 0.1) is 5.92 Å². The van der Waals surface area contributed by atoms with Gasteiger partial charge in [-0.25, -0.2) is 0 Å². The van der Waals surface area contributed by atoms with Gasteiger partial charge in [0.1, 0.15) is 5.75 Å². The Labute approximate surface area is 188 Å². The lowest BCUT2D eigenvalue weighted by Gasteiger charge is -2.36. The highest BCUT2D eigenvalue weighted by molar-refractivity contribution is 6.31. The first-order valence-corrected chi connectivity index (χ1v) is 10.9. The number of fused-ring (bicyclic) bond motifs is 1. The van der Waals surface area contributed by atoms with Crippen molar-refractivity contribution in [3.8, 4) is 5.75 Å². The lowest BCUT2D eigenvalue weighted by molar-refractivity contribution is -0.126. The van der Waals surface area contributed by atoms with E-state index >= 15 is 0 Å². The number of rotatable bonds is 6. The molecule has 31 heavy (non-hydrogen) atoms. The Kier molecular flexibility index (Phi) is 5.95. The van der Waals surface area contributed by atoms with Gasteiger partial charge in [-0.15, -0.1) is 0 Å². The predicted molar refractivity (Wildman–Crippen MR) is 122 cm³/mol. The number of hydrogen-bond acceptors (Lipinski definition) is 4. The number of methoxy groups -OCH3 is 1. The van der Waals surface area contributed by atoms with E-state index < -0.39 is 5.92 Å². The number of nitrogens with one attached hydrogen (secondary N) is 1. The molecule has 0 saturated carbocycles. The molecule has 2 aromatic carbocycles. The lowest BCUT2D eigenvalue weighted by Crippen LogP contribution is -2.54. The largest absolute Gasteiger partial charge is 0.495 e. The fraction of sp³-hybridized carbons (Fsp3) is 0.417. The van der Waals surface area contributed by atoms with E-state index in [4.69, 9.17) is 16.3 Å². The molecule has 1 aliphatic carbocycles. The van der Waals surface area contributed by atoms with E-state index in [0.29, 0.717) is 29.5 Å². The van der Waals surface area contributed by atoms with Gasteiger partial charge in [0.25, 0.3) is 0 Å². The second-order valence-electron chi connectivity index (χ2n) is 8.68. The average molecular weight is 442 g/mol. The number of likely N-dealkylation sites (N-methyl/N-ethyl adjacent to an activating group) is 1. The molecule has 1 aliphatic heterocycles. The van der Waals surface area contributed by atoms with Crippen molar-refractivity contribution in [2.45, 2.75) is 24.8 Å². The first kappa shape index (κ1) is 21.7. The molecule has 2 aromatic rings. The summed E-state index contributed by atoms with van der Waals surface area (Å²) in [4.78, 5) is 29.5. The summed E-state index contributed by atoms with van der Waals surface area (Å²) in [7, 11) is 5.67. The zero-order valence-electron chi connectivity index (χ0n) is 18.2. The number of benzene rings is 2. The molecule has 1 heterocycles. The number of halogens is 1. The molecule has 2 amide bonds. The maximum absolute atomic E-state index is 13.0. The number of anilines is 1. The molecule has 7 heteroatoms. The zero-order valence-corrected chi connectivity index (χ0v) is 18.9. The summed E-state index contributed by atoms with van der Waals surface area (Å²) in [6.07, 6.45) is 1.97. The van der Waals surface area contributed by atoms with Crippen LogP contribution in [0.3, 0.4) is 0 Å². The van der Waals surface area contributed by atoms with Gasteiger partial charge < -0.3 is 19.9 Å². The van der Waals surface area contributed by atoms with Crippen LogP contribution >= 0.6 is 11.6 Å². The van der Waals surface area contributed by atoms with Gasteiger partial charge in [-0.1, -0.05) is 35.9 Å². The Bertz CT molecular complexity index is 982. The van der Waals surface area contributed by atoms with Crippen molar-refractivity contribution in [3.05, 3.63) is 58.6 Å². The molecule has 1 saturated heterocycles. The number of nitrogens with zero attached hydrogens (tertiary/aromatic N) is 2. The van der Waals surface area contributed by atoms with Crippen LogP contribution in [0.4, 0.5) is 5.69 Å². The van der Waals surface area contributed by atoms with E-state index in [-0.39, 0.29) is 23.8 Å². The first-order chi connectivity index (χ1) is 14.8. The topological polar surface area (TPSA) is 61.9 Å². The first-order valence-electron chi connectivity index (χ1n) is 10.5. The van der Waals surface area contributed by atoms with Crippen LogP contribution in [0.15, 0.2) is 42.5 Å². The quantitative estimate of drug-likeness (QED) is 0.748. The number of amides is 2. The van der Waals surface area contributed by atoms with E-state index in [1.54, 1.807) is 30.2 Å². The molecular formula is C24H28ClN3O3. The third kappa shape index (κ3) is 4.14. The minimum absolute atomic E-state index is 0.0889. The molecule has 2 aliphatic rings. The normalized spacial score (nSPS) is 19.6. The van der Waals surface area contributed by atoms with Gasteiger partial charge in [0.05, 0.1) is 18.7 Å². The minimum atomic E-state index is -0.404. The standard InChI is InChI=1S/C24H28ClN3O3/c1-27(2)24(12-16-6-4-5-7-17(16)13-24)15-26-23(30)18-10-22(29)28(14-18)20-11-19(25)8-9-21(20)31-3/h4-9,11,18H,10,12-15H2,1-3H3,(H,26,30). The Morgan fingerprint density at radius 3 is 2.52 bits per heavy atom. The number of ether oxygens (including phenoxy) is 1. The third-order valence-corrected chi connectivity index (χ3v) is 6.86. The molecule has 164 valence electrons. The summed E-state index contributed by atoms with van der Waals surface area (Å²) in [5, 5.41) is 3.66. The van der Waals surface area contributed by atoms with Crippen molar-refractivity contribution < 1.29 is 14.3 Å². The second-order valence-corrected chi connectivity index (χ2v) is 9.12. The molecule has 1 N–H and O–H groups in total. The van der Waals surface area contributed by atoms with Crippen molar-refractivity contribution >= 4 is 29.1 Å². The van der Waals surface area contributed by atoms with Crippen molar-refractivity contribution in [2.24, 2.45) is 5.92 Å². The monoisotopic (exact) mass is 441 g/mol. The highest BCUT2D eigenvalue weighted by atomic mass is 35.5. The Morgan fingerprint density at radius 2 is 1.90 bits per heavy atom. The van der Waals surface area contributed by atoms with E-state index in [0.717, 1.165) is 12.8 Å². The smallest absolute Gasteiger partial charge is 0.227 e. The van der Waals surface area contributed by atoms with Crippen molar-refractivity contribution in [1.82, 2.24) is 10.2 Å². The van der Waals surface area contributed by atoms with Gasteiger partial charge >= 0.3 is 0 Å².